The predicted octanol–water partition coefficient (Wildman–Crippen LogP) is 6.44. The molecule has 4 aromatic heterocycles. The predicted molar refractivity (Wildman–Crippen MR) is 213 cm³/mol. The van der Waals surface area contributed by atoms with E-state index in [2.05, 4.69) is 35.6 Å². The second-order valence-corrected chi connectivity index (χ2v) is 14.8. The summed E-state index contributed by atoms with van der Waals surface area (Å²) in [5.41, 5.74) is 3.34. The van der Waals surface area contributed by atoms with Crippen molar-refractivity contribution in [2.75, 3.05) is 23.8 Å². The fraction of sp³-hybridized carbons (Fsp3) is 0.273. The van der Waals surface area contributed by atoms with Gasteiger partial charge in [-0.25, -0.2) is 24.7 Å². The van der Waals surface area contributed by atoms with E-state index in [9.17, 15) is 23.6 Å². The largest absolute Gasteiger partial charge is 0.711 e. The molecule has 2 aliphatic carbocycles. The number of rotatable bonds is 12. The monoisotopic (exact) mass is 800 g/mol. The fourth-order valence-corrected chi connectivity index (χ4v) is 7.23. The van der Waals surface area contributed by atoms with Crippen LogP contribution in [0.3, 0.4) is 0 Å². The summed E-state index contributed by atoms with van der Waals surface area (Å²) in [4.78, 5) is 45.6. The molecule has 2 aliphatic rings. The van der Waals surface area contributed by atoms with Gasteiger partial charge in [0.05, 0.1) is 60.7 Å². The van der Waals surface area contributed by atoms with Crippen LogP contribution < -0.4 is 24.8 Å². The van der Waals surface area contributed by atoms with Crippen LogP contribution in [0.4, 0.5) is 20.2 Å². The molecule has 0 radical (unpaired) electrons. The Balaban J connectivity index is 0.000000179. The van der Waals surface area contributed by atoms with Crippen LogP contribution in [0.5, 0.6) is 11.5 Å². The molecular weight excluding hydrogens is 759 g/mol. The van der Waals surface area contributed by atoms with Crippen LogP contribution in [-0.4, -0.2) is 49.9 Å². The van der Waals surface area contributed by atoms with Crippen LogP contribution in [-0.2, 0) is 20.4 Å². The zero-order valence-electron chi connectivity index (χ0n) is 32.9. The molecule has 8 rings (SSSR count). The first-order valence-corrected chi connectivity index (χ1v) is 19.0. The van der Waals surface area contributed by atoms with Crippen molar-refractivity contribution in [2.45, 2.75) is 51.4 Å². The third-order valence-corrected chi connectivity index (χ3v) is 10.7. The number of nitrogens with one attached hydrogen (secondary N) is 2. The number of carbonyl (C=O) groups is 2. The molecule has 4 heterocycles. The van der Waals surface area contributed by atoms with Gasteiger partial charge in [0.15, 0.2) is 11.4 Å². The van der Waals surface area contributed by atoms with Crippen molar-refractivity contribution < 1.29 is 32.6 Å². The van der Waals surface area contributed by atoms with E-state index in [0.717, 1.165) is 16.8 Å². The third-order valence-electron chi connectivity index (χ3n) is 10.7. The van der Waals surface area contributed by atoms with Crippen molar-refractivity contribution in [3.63, 3.8) is 0 Å². The molecule has 2 N–H and O–H groups in total. The maximum absolute atomic E-state index is 13.0. The summed E-state index contributed by atoms with van der Waals surface area (Å²) in [6.45, 7) is 7.66. The van der Waals surface area contributed by atoms with Crippen LogP contribution in [0.25, 0.3) is 0 Å². The maximum atomic E-state index is 13.0. The van der Waals surface area contributed by atoms with Crippen molar-refractivity contribution in [1.82, 2.24) is 24.9 Å². The van der Waals surface area contributed by atoms with Gasteiger partial charge in [0.2, 0.25) is 29.5 Å². The van der Waals surface area contributed by atoms with Gasteiger partial charge in [-0.15, -0.1) is 0 Å². The quantitative estimate of drug-likeness (QED) is 0.0798. The lowest BCUT2D eigenvalue weighted by molar-refractivity contribution is -0.616. The van der Waals surface area contributed by atoms with Crippen molar-refractivity contribution in [3.8, 4) is 11.5 Å². The highest BCUT2D eigenvalue weighted by Gasteiger charge is 2.61. The minimum Gasteiger partial charge on any atom is -0.711 e. The SMILES string of the molecule is Cc1nc(C)[n+]([O-])cc1OC[C@@]1(c2ccccc2)C[C@H]1C(=O)Nc1ccc(F)nc1.Cc1ncc(OC[C@@]2(c3ccccc3)C[C@H]2C(=O)Nc2ccc(F)nc2)c(C)n1. The number of aryl methyl sites for hydroxylation is 4. The van der Waals surface area contributed by atoms with E-state index >= 15 is 0 Å². The van der Waals surface area contributed by atoms with Gasteiger partial charge in [-0.1, -0.05) is 60.7 Å². The van der Waals surface area contributed by atoms with Crippen LogP contribution in [0, 0.1) is 56.6 Å². The van der Waals surface area contributed by atoms with Gasteiger partial charge < -0.3 is 25.3 Å². The highest BCUT2D eigenvalue weighted by atomic mass is 19.1. The highest BCUT2D eigenvalue weighted by molar-refractivity contribution is 5.96. The third kappa shape index (κ3) is 9.14. The summed E-state index contributed by atoms with van der Waals surface area (Å²) in [6, 6.07) is 24.9. The first kappa shape index (κ1) is 40.3. The number of amides is 2. The molecule has 2 fully saturated rings. The van der Waals surface area contributed by atoms with E-state index in [-0.39, 0.29) is 30.3 Å². The first-order valence-electron chi connectivity index (χ1n) is 19.0. The van der Waals surface area contributed by atoms with E-state index in [1.54, 1.807) is 20.0 Å². The summed E-state index contributed by atoms with van der Waals surface area (Å²) >= 11 is 0. The van der Waals surface area contributed by atoms with Crippen LogP contribution in [0.2, 0.25) is 0 Å². The van der Waals surface area contributed by atoms with Gasteiger partial charge in [-0.3, -0.25) is 9.59 Å². The maximum Gasteiger partial charge on any atom is 0.298 e. The fourth-order valence-electron chi connectivity index (χ4n) is 7.23. The van der Waals surface area contributed by atoms with Crippen molar-refractivity contribution in [1.29, 1.82) is 0 Å². The number of pyridine rings is 2. The Bertz CT molecular complexity index is 2450. The summed E-state index contributed by atoms with van der Waals surface area (Å²) in [5, 5.41) is 17.5. The molecule has 13 nitrogen and oxygen atoms in total. The number of aromatic nitrogens is 6. The molecular formula is C44H42F2N8O5. The molecule has 2 aromatic carbocycles. The van der Waals surface area contributed by atoms with Gasteiger partial charge in [-0.05, 0) is 67.1 Å². The van der Waals surface area contributed by atoms with Gasteiger partial charge >= 0.3 is 0 Å². The number of hydrogen-bond acceptors (Lipinski definition) is 10. The van der Waals surface area contributed by atoms with Gasteiger partial charge in [0.1, 0.15) is 12.0 Å². The average molecular weight is 801 g/mol. The summed E-state index contributed by atoms with van der Waals surface area (Å²) < 4.78 is 38.7. The van der Waals surface area contributed by atoms with Crippen molar-refractivity contribution in [3.05, 3.63) is 161 Å². The number of anilines is 2. The van der Waals surface area contributed by atoms with Gasteiger partial charge in [0, 0.05) is 24.7 Å². The Morgan fingerprint density at radius 1 is 0.678 bits per heavy atom. The lowest BCUT2D eigenvalue weighted by Crippen LogP contribution is -2.32. The standard InChI is InChI=1S/C22H21FN4O3.C22H21FN4O2/c1-14-19(12-27(29)15(2)25-14)30-13-22(16-6-4-3-5-7-16)10-18(22)21(28)26-17-8-9-20(23)24-11-17;1-14-19(12-24-15(2)26-14)29-13-22(16-6-4-3-5-7-16)10-18(22)21(28)27-17-8-9-20(23)25-11-17/h3-9,11-12,18H,10,13H2,1-2H3,(H,26,28);3-9,11-12,18H,10,13H2,1-2H3,(H,27,28)/t2*18-,22+/m00/s1. The van der Waals surface area contributed by atoms with Gasteiger partial charge in [0.25, 0.3) is 5.82 Å². The molecule has 6 aromatic rings. The Hall–Kier alpha value is -6.90. The number of nitrogens with zero attached hydrogens (tertiary/aromatic N) is 6. The minimum atomic E-state index is -0.607. The molecule has 2 amide bonds. The highest BCUT2D eigenvalue weighted by Crippen LogP contribution is 2.56. The number of halogens is 2. The zero-order chi connectivity index (χ0) is 41.7. The van der Waals surface area contributed by atoms with Crippen molar-refractivity contribution >= 4 is 23.2 Å². The minimum absolute atomic E-state index is 0.136. The van der Waals surface area contributed by atoms with E-state index in [1.807, 2.05) is 74.5 Å². The van der Waals surface area contributed by atoms with E-state index in [0.29, 0.717) is 64.4 Å². The molecule has 2 saturated carbocycles. The summed E-state index contributed by atoms with van der Waals surface area (Å²) in [5.74, 6) is -0.0833. The van der Waals surface area contributed by atoms with E-state index in [4.69, 9.17) is 9.47 Å². The van der Waals surface area contributed by atoms with Crippen LogP contribution >= 0.6 is 0 Å². The van der Waals surface area contributed by atoms with E-state index < -0.39 is 22.7 Å². The molecule has 0 aliphatic heterocycles. The number of carbonyl (C=O) groups excluding carboxylic acids is 2. The Morgan fingerprint density at radius 3 is 1.61 bits per heavy atom. The van der Waals surface area contributed by atoms with Crippen LogP contribution in [0.1, 0.15) is 47.0 Å². The molecule has 0 unspecified atom stereocenters. The average Bonchev–Trinajstić information content (AvgIpc) is 4.16. The van der Waals surface area contributed by atoms with Gasteiger partial charge in [-0.2, -0.15) is 8.78 Å². The first-order chi connectivity index (χ1) is 28.4. The van der Waals surface area contributed by atoms with Crippen LogP contribution in [0.15, 0.2) is 110 Å². The Labute approximate surface area is 339 Å². The summed E-state index contributed by atoms with van der Waals surface area (Å²) in [6.07, 6.45) is 6.86. The lowest BCUT2D eigenvalue weighted by atomic mass is 9.93. The Kier molecular flexibility index (Phi) is 11.5. The lowest BCUT2D eigenvalue weighted by Gasteiger charge is -2.19. The zero-order valence-corrected chi connectivity index (χ0v) is 32.9. The molecule has 4 atom stereocenters. The number of ether oxygens (including phenoxy) is 2. The van der Waals surface area contributed by atoms with E-state index in [1.165, 1.54) is 42.9 Å². The molecule has 302 valence electrons. The number of hydrogen-bond donors (Lipinski definition) is 2. The number of benzene rings is 2. The normalized spacial score (nSPS) is 20.0. The molecule has 0 bridgehead atoms. The second kappa shape index (κ2) is 16.9. The molecule has 0 spiro atoms. The molecule has 15 heteroatoms. The Morgan fingerprint density at radius 2 is 1.15 bits per heavy atom. The molecule has 59 heavy (non-hydrogen) atoms. The smallest absolute Gasteiger partial charge is 0.298 e. The summed E-state index contributed by atoms with van der Waals surface area (Å²) in [7, 11) is 0. The second-order valence-electron chi connectivity index (χ2n) is 14.8. The molecule has 0 saturated heterocycles. The topological polar surface area (TPSA) is 168 Å². The van der Waals surface area contributed by atoms with Crippen molar-refractivity contribution in [2.24, 2.45) is 11.8 Å².